The van der Waals surface area contributed by atoms with Gasteiger partial charge in [-0.25, -0.2) is 23.4 Å². The number of hydrogen-bond donors (Lipinski definition) is 2. The standard InChI is InChI=1S/C25H22N6O4S/c1-36(33,34)10-8-18-13-31-14-20(19(12-23(31)28-18)16-5-3-2-4-6-16)29-24(32)21-15-35-25(30-21)17-7-9-27-22(26)11-17/h2-7,9,11-15H,8,10H2,1H3,(H2,26,27)(H,29,32). The number of aryl methyl sites for hydroxylation is 1. The third-order valence-corrected chi connectivity index (χ3v) is 6.42. The Morgan fingerprint density at radius 1 is 1.08 bits per heavy atom. The molecule has 0 bridgehead atoms. The van der Waals surface area contributed by atoms with E-state index in [9.17, 15) is 13.2 Å². The van der Waals surface area contributed by atoms with Gasteiger partial charge in [0.15, 0.2) is 5.69 Å². The van der Waals surface area contributed by atoms with Crippen molar-refractivity contribution >= 4 is 32.9 Å². The summed E-state index contributed by atoms with van der Waals surface area (Å²) in [5.41, 5.74) is 9.86. The first kappa shape index (κ1) is 23.2. The van der Waals surface area contributed by atoms with Gasteiger partial charge >= 0.3 is 0 Å². The molecular formula is C25H22N6O4S. The number of amides is 1. The molecule has 0 spiro atoms. The van der Waals surface area contributed by atoms with E-state index in [2.05, 4.69) is 20.3 Å². The number of aromatic nitrogens is 4. The second kappa shape index (κ2) is 9.27. The number of rotatable bonds is 7. The van der Waals surface area contributed by atoms with Gasteiger partial charge in [-0.2, -0.15) is 0 Å². The molecule has 4 heterocycles. The maximum Gasteiger partial charge on any atom is 0.277 e. The lowest BCUT2D eigenvalue weighted by atomic mass is 10.1. The van der Waals surface area contributed by atoms with Crippen LogP contribution < -0.4 is 11.1 Å². The normalized spacial score (nSPS) is 11.6. The van der Waals surface area contributed by atoms with Gasteiger partial charge in [0, 0.05) is 42.4 Å². The van der Waals surface area contributed by atoms with Gasteiger partial charge < -0.3 is 19.9 Å². The minimum atomic E-state index is -3.12. The maximum atomic E-state index is 13.1. The lowest BCUT2D eigenvalue weighted by Gasteiger charge is -2.11. The Morgan fingerprint density at radius 3 is 2.64 bits per heavy atom. The number of nitrogen functional groups attached to an aromatic ring is 1. The molecule has 0 radical (unpaired) electrons. The van der Waals surface area contributed by atoms with Crippen molar-refractivity contribution in [3.63, 3.8) is 0 Å². The van der Waals surface area contributed by atoms with Crippen LogP contribution in [-0.4, -0.2) is 45.7 Å². The first-order valence-corrected chi connectivity index (χ1v) is 13.0. The molecule has 3 N–H and O–H groups in total. The molecule has 0 saturated carbocycles. The van der Waals surface area contributed by atoms with Crippen molar-refractivity contribution in [1.82, 2.24) is 19.4 Å². The second-order valence-electron chi connectivity index (χ2n) is 8.31. The summed E-state index contributed by atoms with van der Waals surface area (Å²) in [6.45, 7) is 0. The molecule has 182 valence electrons. The number of imidazole rings is 1. The number of benzene rings is 1. The van der Waals surface area contributed by atoms with Crippen molar-refractivity contribution in [3.05, 3.63) is 84.8 Å². The molecular weight excluding hydrogens is 480 g/mol. The van der Waals surface area contributed by atoms with Gasteiger partial charge in [-0.3, -0.25) is 4.79 Å². The predicted molar refractivity (Wildman–Crippen MR) is 136 cm³/mol. The Bertz CT molecular complexity index is 1680. The largest absolute Gasteiger partial charge is 0.444 e. The highest BCUT2D eigenvalue weighted by Crippen LogP contribution is 2.30. The summed E-state index contributed by atoms with van der Waals surface area (Å²) >= 11 is 0. The fraction of sp³-hybridized carbons (Fsp3) is 0.120. The zero-order valence-electron chi connectivity index (χ0n) is 19.2. The Balaban J connectivity index is 1.48. The quantitative estimate of drug-likeness (QED) is 0.344. The Labute approximate surface area is 206 Å². The van der Waals surface area contributed by atoms with E-state index in [-0.39, 0.29) is 17.3 Å². The molecule has 0 aliphatic rings. The summed E-state index contributed by atoms with van der Waals surface area (Å²) in [5.74, 6) is 0.108. The van der Waals surface area contributed by atoms with Gasteiger partial charge in [0.2, 0.25) is 5.89 Å². The Hall–Kier alpha value is -4.51. The third-order valence-electron chi connectivity index (χ3n) is 5.47. The van der Waals surface area contributed by atoms with Crippen LogP contribution in [0.5, 0.6) is 0 Å². The number of carbonyl (C=O) groups is 1. The predicted octanol–water partition coefficient (Wildman–Crippen LogP) is 3.47. The number of fused-ring (bicyclic) bond motifs is 1. The number of nitrogens with zero attached hydrogens (tertiary/aromatic N) is 4. The first-order chi connectivity index (χ1) is 17.2. The summed E-state index contributed by atoms with van der Waals surface area (Å²) in [4.78, 5) is 25.9. The molecule has 5 rings (SSSR count). The van der Waals surface area contributed by atoms with Crippen molar-refractivity contribution in [1.29, 1.82) is 0 Å². The van der Waals surface area contributed by atoms with Crippen LogP contribution in [0.1, 0.15) is 16.2 Å². The van der Waals surface area contributed by atoms with E-state index in [1.165, 1.54) is 18.7 Å². The lowest BCUT2D eigenvalue weighted by molar-refractivity contribution is 0.102. The second-order valence-corrected chi connectivity index (χ2v) is 10.6. The van der Waals surface area contributed by atoms with E-state index in [1.807, 2.05) is 36.4 Å². The van der Waals surface area contributed by atoms with E-state index in [0.717, 1.165) is 11.1 Å². The highest BCUT2D eigenvalue weighted by Gasteiger charge is 2.18. The van der Waals surface area contributed by atoms with Gasteiger partial charge in [-0.05, 0) is 23.8 Å². The highest BCUT2D eigenvalue weighted by atomic mass is 32.2. The minimum Gasteiger partial charge on any atom is -0.444 e. The molecule has 4 aromatic heterocycles. The molecule has 0 unspecified atom stereocenters. The zero-order chi connectivity index (χ0) is 25.3. The molecule has 0 atom stereocenters. The molecule has 1 aromatic carbocycles. The van der Waals surface area contributed by atoms with E-state index in [0.29, 0.717) is 34.8 Å². The van der Waals surface area contributed by atoms with Crippen LogP contribution in [0.15, 0.2) is 77.8 Å². The monoisotopic (exact) mass is 502 g/mol. The Morgan fingerprint density at radius 2 is 1.89 bits per heavy atom. The van der Waals surface area contributed by atoms with E-state index < -0.39 is 15.7 Å². The average Bonchev–Trinajstić information content (AvgIpc) is 3.50. The van der Waals surface area contributed by atoms with Crippen LogP contribution in [-0.2, 0) is 16.3 Å². The Kier molecular flexibility index (Phi) is 5.98. The van der Waals surface area contributed by atoms with Crippen LogP contribution >= 0.6 is 0 Å². The molecule has 0 aliphatic heterocycles. The number of anilines is 2. The number of carbonyl (C=O) groups excluding carboxylic acids is 1. The maximum absolute atomic E-state index is 13.1. The van der Waals surface area contributed by atoms with Crippen molar-refractivity contribution in [2.75, 3.05) is 23.1 Å². The summed E-state index contributed by atoms with van der Waals surface area (Å²) in [7, 11) is -3.12. The average molecular weight is 503 g/mol. The third kappa shape index (κ3) is 5.10. The molecule has 0 saturated heterocycles. The summed E-state index contributed by atoms with van der Waals surface area (Å²) in [5, 5.41) is 2.92. The van der Waals surface area contributed by atoms with Gasteiger partial charge in [-0.15, -0.1) is 0 Å². The highest BCUT2D eigenvalue weighted by molar-refractivity contribution is 7.90. The van der Waals surface area contributed by atoms with Crippen molar-refractivity contribution in [3.8, 4) is 22.6 Å². The first-order valence-electron chi connectivity index (χ1n) is 11.0. The number of nitrogens with one attached hydrogen (secondary N) is 1. The van der Waals surface area contributed by atoms with Crippen LogP contribution in [0.25, 0.3) is 28.2 Å². The number of oxazole rings is 1. The zero-order valence-corrected chi connectivity index (χ0v) is 20.1. The van der Waals surface area contributed by atoms with Gasteiger partial charge in [0.25, 0.3) is 5.91 Å². The van der Waals surface area contributed by atoms with Gasteiger partial charge in [-0.1, -0.05) is 30.3 Å². The van der Waals surface area contributed by atoms with Crippen LogP contribution in [0.4, 0.5) is 11.5 Å². The molecule has 0 aliphatic carbocycles. The van der Waals surface area contributed by atoms with Crippen molar-refractivity contribution in [2.24, 2.45) is 0 Å². The number of sulfone groups is 1. The SMILES string of the molecule is CS(=O)(=O)CCc1cn2cc(NC(=O)c3coc(-c4ccnc(N)c4)n3)c(-c3ccccc3)cc2n1. The molecule has 0 fully saturated rings. The van der Waals surface area contributed by atoms with Crippen molar-refractivity contribution in [2.45, 2.75) is 6.42 Å². The van der Waals surface area contributed by atoms with E-state index in [1.54, 1.807) is 28.9 Å². The molecule has 5 aromatic rings. The smallest absolute Gasteiger partial charge is 0.277 e. The van der Waals surface area contributed by atoms with E-state index >= 15 is 0 Å². The summed E-state index contributed by atoms with van der Waals surface area (Å²) in [6.07, 6.45) is 7.81. The fourth-order valence-corrected chi connectivity index (χ4v) is 4.31. The summed E-state index contributed by atoms with van der Waals surface area (Å²) < 4.78 is 30.4. The van der Waals surface area contributed by atoms with Crippen LogP contribution in [0.3, 0.4) is 0 Å². The minimum absolute atomic E-state index is 0.00361. The fourth-order valence-electron chi connectivity index (χ4n) is 3.73. The lowest BCUT2D eigenvalue weighted by Crippen LogP contribution is -2.13. The van der Waals surface area contributed by atoms with Gasteiger partial charge in [0.1, 0.15) is 27.6 Å². The molecule has 1 amide bonds. The summed E-state index contributed by atoms with van der Waals surface area (Å²) in [6, 6.07) is 14.7. The molecule has 11 heteroatoms. The van der Waals surface area contributed by atoms with Crippen molar-refractivity contribution < 1.29 is 17.6 Å². The molecule has 36 heavy (non-hydrogen) atoms. The van der Waals surface area contributed by atoms with Crippen LogP contribution in [0.2, 0.25) is 0 Å². The number of pyridine rings is 2. The topological polar surface area (TPSA) is 145 Å². The van der Waals surface area contributed by atoms with E-state index in [4.69, 9.17) is 10.2 Å². The number of hydrogen-bond acceptors (Lipinski definition) is 8. The van der Waals surface area contributed by atoms with Crippen LogP contribution in [0, 0.1) is 0 Å². The number of nitrogens with two attached hydrogens (primary N) is 1. The van der Waals surface area contributed by atoms with Gasteiger partial charge in [0.05, 0.1) is 17.1 Å². The molecule has 10 nitrogen and oxygen atoms in total.